The summed E-state index contributed by atoms with van der Waals surface area (Å²) in [5.74, 6) is 0.764. The zero-order valence-corrected chi connectivity index (χ0v) is 21.8. The highest BCUT2D eigenvalue weighted by molar-refractivity contribution is 7.15. The van der Waals surface area contributed by atoms with Gasteiger partial charge in [-0.05, 0) is 67.1 Å². The lowest BCUT2D eigenvalue weighted by Crippen LogP contribution is -2.38. The Labute approximate surface area is 219 Å². The van der Waals surface area contributed by atoms with Gasteiger partial charge in [0.05, 0.1) is 25.4 Å². The summed E-state index contributed by atoms with van der Waals surface area (Å²) in [6, 6.07) is 19.0. The number of hydrogen-bond acceptors (Lipinski definition) is 4. The summed E-state index contributed by atoms with van der Waals surface area (Å²) >= 11 is 8.06. The van der Waals surface area contributed by atoms with E-state index in [0.29, 0.717) is 17.3 Å². The van der Waals surface area contributed by atoms with Crippen LogP contribution in [0, 0.1) is 0 Å². The van der Waals surface area contributed by atoms with Crippen LogP contribution in [0.1, 0.15) is 33.3 Å². The van der Waals surface area contributed by atoms with Crippen LogP contribution in [0.2, 0.25) is 5.02 Å². The second kappa shape index (κ2) is 9.32. The number of urea groups is 1. The van der Waals surface area contributed by atoms with Gasteiger partial charge in [-0.2, -0.15) is 0 Å². The molecule has 184 valence electrons. The highest BCUT2D eigenvalue weighted by Crippen LogP contribution is 2.44. The number of nitrogens with zero attached hydrogens (tertiary/aromatic N) is 3. The van der Waals surface area contributed by atoms with Gasteiger partial charge in [-0.15, -0.1) is 11.3 Å². The Bertz CT molecular complexity index is 1450. The third-order valence-electron chi connectivity index (χ3n) is 7.00. The van der Waals surface area contributed by atoms with E-state index in [1.165, 1.54) is 21.0 Å². The quantitative estimate of drug-likeness (QED) is 0.345. The Morgan fingerprint density at radius 1 is 1.08 bits per heavy atom. The van der Waals surface area contributed by atoms with Gasteiger partial charge in [-0.1, -0.05) is 29.8 Å². The van der Waals surface area contributed by atoms with Crippen LogP contribution in [0.3, 0.4) is 0 Å². The minimum atomic E-state index is -0.296. The SMILES string of the molecule is COc1cccc([C@H]2c3cccn3-c3sc4c(c3CN2C(=O)Nc2cccc(Cl)c2)CCN(C)C4)c1. The van der Waals surface area contributed by atoms with Crippen molar-refractivity contribution >= 4 is 34.7 Å². The van der Waals surface area contributed by atoms with E-state index in [1.54, 1.807) is 19.2 Å². The maximum atomic E-state index is 14.0. The molecule has 0 aliphatic carbocycles. The van der Waals surface area contributed by atoms with Crippen molar-refractivity contribution in [3.8, 4) is 10.8 Å². The van der Waals surface area contributed by atoms with Crippen molar-refractivity contribution in [2.24, 2.45) is 0 Å². The predicted octanol–water partition coefficient (Wildman–Crippen LogP) is 6.33. The fourth-order valence-electron chi connectivity index (χ4n) is 5.28. The van der Waals surface area contributed by atoms with Gasteiger partial charge >= 0.3 is 6.03 Å². The molecule has 36 heavy (non-hydrogen) atoms. The summed E-state index contributed by atoms with van der Waals surface area (Å²) in [5.41, 5.74) is 5.35. The summed E-state index contributed by atoms with van der Waals surface area (Å²) in [6.45, 7) is 2.47. The normalized spacial score (nSPS) is 17.1. The van der Waals surface area contributed by atoms with Gasteiger partial charge in [0.25, 0.3) is 0 Å². The number of halogens is 1. The molecule has 4 aromatic rings. The number of carbonyl (C=O) groups excluding carboxylic acids is 1. The Morgan fingerprint density at radius 3 is 2.78 bits per heavy atom. The molecular formula is C28H27ClN4O2S. The Hall–Kier alpha value is -3.26. The number of likely N-dealkylation sites (N-methyl/N-ethyl adjacent to an activating group) is 1. The molecule has 0 saturated heterocycles. The van der Waals surface area contributed by atoms with E-state index in [1.807, 2.05) is 46.6 Å². The van der Waals surface area contributed by atoms with E-state index in [-0.39, 0.29) is 12.1 Å². The van der Waals surface area contributed by atoms with E-state index in [9.17, 15) is 4.79 Å². The van der Waals surface area contributed by atoms with E-state index >= 15 is 0 Å². The molecule has 0 radical (unpaired) electrons. The van der Waals surface area contributed by atoms with Crippen molar-refractivity contribution in [1.29, 1.82) is 0 Å². The van der Waals surface area contributed by atoms with Crippen molar-refractivity contribution in [2.75, 3.05) is 26.0 Å². The predicted molar refractivity (Wildman–Crippen MR) is 145 cm³/mol. The lowest BCUT2D eigenvalue weighted by atomic mass is 10.00. The molecule has 0 fully saturated rings. The number of benzene rings is 2. The number of amides is 2. The largest absolute Gasteiger partial charge is 0.497 e. The summed E-state index contributed by atoms with van der Waals surface area (Å²) in [7, 11) is 3.83. The third kappa shape index (κ3) is 4.07. The Kier molecular flexibility index (Phi) is 5.99. The minimum absolute atomic E-state index is 0.168. The van der Waals surface area contributed by atoms with Crippen LogP contribution in [0.15, 0.2) is 66.9 Å². The first-order valence-corrected chi connectivity index (χ1v) is 13.2. The van der Waals surface area contributed by atoms with Crippen LogP contribution >= 0.6 is 22.9 Å². The lowest BCUT2D eigenvalue weighted by Gasteiger charge is -2.32. The molecule has 6 rings (SSSR count). The minimum Gasteiger partial charge on any atom is -0.497 e. The number of rotatable bonds is 3. The molecule has 0 unspecified atom stereocenters. The van der Waals surface area contributed by atoms with Crippen LogP contribution in [0.5, 0.6) is 5.75 Å². The van der Waals surface area contributed by atoms with Crippen LogP contribution in [0.25, 0.3) is 5.00 Å². The molecule has 2 aromatic carbocycles. The summed E-state index contributed by atoms with van der Waals surface area (Å²) < 4.78 is 7.81. The van der Waals surface area contributed by atoms with Crippen LogP contribution in [-0.2, 0) is 19.5 Å². The average molecular weight is 519 g/mol. The van der Waals surface area contributed by atoms with E-state index in [2.05, 4.69) is 46.2 Å². The van der Waals surface area contributed by atoms with Crippen molar-refractivity contribution in [1.82, 2.24) is 14.4 Å². The first kappa shape index (κ1) is 23.2. The number of ether oxygens (including phenoxy) is 1. The van der Waals surface area contributed by atoms with E-state index in [4.69, 9.17) is 16.3 Å². The Balaban J connectivity index is 1.50. The maximum absolute atomic E-state index is 14.0. The third-order valence-corrected chi connectivity index (χ3v) is 8.50. The van der Waals surface area contributed by atoms with Gasteiger partial charge in [-0.25, -0.2) is 4.79 Å². The highest BCUT2D eigenvalue weighted by Gasteiger charge is 2.36. The Morgan fingerprint density at radius 2 is 1.94 bits per heavy atom. The molecule has 0 bridgehead atoms. The lowest BCUT2D eigenvalue weighted by molar-refractivity contribution is 0.194. The summed E-state index contributed by atoms with van der Waals surface area (Å²) in [4.78, 5) is 19.7. The van der Waals surface area contributed by atoms with Gasteiger partial charge in [0, 0.05) is 40.4 Å². The number of methoxy groups -OCH3 is 1. The molecule has 6 nitrogen and oxygen atoms in total. The second-order valence-corrected chi connectivity index (χ2v) is 10.8. The van der Waals surface area contributed by atoms with Crippen LogP contribution in [-0.4, -0.2) is 41.1 Å². The fraction of sp³-hybridized carbons (Fsp3) is 0.250. The molecule has 4 heterocycles. The first-order valence-electron chi connectivity index (χ1n) is 12.0. The number of nitrogens with one attached hydrogen (secondary N) is 1. The topological polar surface area (TPSA) is 49.7 Å². The second-order valence-electron chi connectivity index (χ2n) is 9.33. The number of fused-ring (bicyclic) bond motifs is 5. The monoisotopic (exact) mass is 518 g/mol. The van der Waals surface area contributed by atoms with Gasteiger partial charge in [0.2, 0.25) is 0 Å². The average Bonchev–Trinajstić information content (AvgIpc) is 3.45. The zero-order valence-electron chi connectivity index (χ0n) is 20.2. The number of aromatic nitrogens is 1. The van der Waals surface area contributed by atoms with E-state index in [0.717, 1.165) is 36.5 Å². The van der Waals surface area contributed by atoms with Crippen LogP contribution < -0.4 is 10.1 Å². The van der Waals surface area contributed by atoms with E-state index < -0.39 is 0 Å². The molecular weight excluding hydrogens is 492 g/mol. The van der Waals surface area contributed by atoms with Crippen molar-refractivity contribution in [3.05, 3.63) is 99.1 Å². The maximum Gasteiger partial charge on any atom is 0.322 e. The molecule has 0 saturated carbocycles. The molecule has 8 heteroatoms. The zero-order chi connectivity index (χ0) is 24.8. The molecule has 2 aliphatic rings. The molecule has 1 atom stereocenters. The smallest absolute Gasteiger partial charge is 0.322 e. The number of anilines is 1. The van der Waals surface area contributed by atoms with Gasteiger partial charge in [-0.3, -0.25) is 0 Å². The van der Waals surface area contributed by atoms with Crippen LogP contribution in [0.4, 0.5) is 10.5 Å². The fourth-order valence-corrected chi connectivity index (χ4v) is 6.91. The van der Waals surface area contributed by atoms with Crippen molar-refractivity contribution in [3.63, 3.8) is 0 Å². The first-order chi connectivity index (χ1) is 17.5. The van der Waals surface area contributed by atoms with Gasteiger partial charge in [0.15, 0.2) is 0 Å². The highest BCUT2D eigenvalue weighted by atomic mass is 35.5. The number of carbonyl (C=O) groups is 1. The molecule has 2 amide bonds. The standard InChI is InChI=1S/C28H27ClN4O2S/c1-31-13-11-22-23-16-33(28(34)30-20-8-4-7-19(29)15-20)26(18-6-3-9-21(14-18)35-2)24-10-5-12-32(24)27(23)36-25(22)17-31/h3-10,12,14-15,26H,11,13,16-17H2,1-2H3,(H,30,34)/t26-/m0/s1. The van der Waals surface area contributed by atoms with Crippen molar-refractivity contribution < 1.29 is 9.53 Å². The van der Waals surface area contributed by atoms with Crippen molar-refractivity contribution in [2.45, 2.75) is 25.6 Å². The molecule has 1 N–H and O–H groups in total. The summed E-state index contributed by atoms with van der Waals surface area (Å²) in [6.07, 6.45) is 3.10. The molecule has 2 aromatic heterocycles. The number of hydrogen-bond donors (Lipinski definition) is 1. The van der Waals surface area contributed by atoms with Gasteiger partial charge in [0.1, 0.15) is 10.8 Å². The molecule has 0 spiro atoms. The van der Waals surface area contributed by atoms with Gasteiger partial charge < -0.3 is 24.4 Å². The number of thiophene rings is 1. The molecule has 2 aliphatic heterocycles. The summed E-state index contributed by atoms with van der Waals surface area (Å²) in [5, 5.41) is 4.89.